The van der Waals surface area contributed by atoms with Gasteiger partial charge in [0.25, 0.3) is 0 Å². The van der Waals surface area contributed by atoms with Gasteiger partial charge in [0.1, 0.15) is 5.75 Å². The van der Waals surface area contributed by atoms with Crippen molar-refractivity contribution in [1.29, 1.82) is 0 Å². The smallest absolute Gasteiger partial charge is 0.478 e. The third-order valence-electron chi connectivity index (χ3n) is 2.61. The van der Waals surface area contributed by atoms with Crippen molar-refractivity contribution >= 4 is 30.8 Å². The van der Waals surface area contributed by atoms with Gasteiger partial charge in [0.05, 0.1) is 13.3 Å². The molecule has 0 fully saturated rings. The lowest BCUT2D eigenvalue weighted by atomic mass is 9.70. The molecule has 0 saturated carbocycles. The normalized spacial score (nSPS) is 11.2. The van der Waals surface area contributed by atoms with E-state index in [0.29, 0.717) is 11.0 Å². The fraction of sp³-hybridized carbons (Fsp3) is 0.400. The molecular weight excluding hydrogens is 315 g/mol. The standard InChI is InChI=1S/C11H11BN2O6.2C2H6/c1-19-11(17)14-12(18)9-4-8(20-6-10(15)16)3-2-7(9)5-13-14;2*1-2/h2-5,18H,6H2,1H3,(H,15,16);2*1-2H3. The molecule has 0 aliphatic carbocycles. The van der Waals surface area contributed by atoms with E-state index in [4.69, 9.17) is 9.84 Å². The molecule has 0 unspecified atom stereocenters. The van der Waals surface area contributed by atoms with Crippen molar-refractivity contribution in [3.05, 3.63) is 23.8 Å². The van der Waals surface area contributed by atoms with Crippen LogP contribution in [0, 0.1) is 0 Å². The number of amides is 1. The molecule has 1 aliphatic heterocycles. The molecule has 0 bridgehead atoms. The van der Waals surface area contributed by atoms with E-state index in [0.717, 1.165) is 4.92 Å². The van der Waals surface area contributed by atoms with E-state index in [-0.39, 0.29) is 5.75 Å². The maximum absolute atomic E-state index is 11.4. The molecule has 0 radical (unpaired) electrons. The van der Waals surface area contributed by atoms with Gasteiger partial charge < -0.3 is 19.6 Å². The van der Waals surface area contributed by atoms with Gasteiger partial charge >= 0.3 is 19.1 Å². The number of fused-ring (bicyclic) bond motifs is 1. The summed E-state index contributed by atoms with van der Waals surface area (Å²) in [5.74, 6) is -0.841. The van der Waals surface area contributed by atoms with E-state index >= 15 is 0 Å². The van der Waals surface area contributed by atoms with Crippen molar-refractivity contribution < 1.29 is 29.2 Å². The summed E-state index contributed by atoms with van der Waals surface area (Å²) in [6.07, 6.45) is 0.580. The van der Waals surface area contributed by atoms with Crippen LogP contribution in [-0.4, -0.2) is 54.1 Å². The van der Waals surface area contributed by atoms with Gasteiger partial charge in [0, 0.05) is 0 Å². The summed E-state index contributed by atoms with van der Waals surface area (Å²) >= 11 is 0. The van der Waals surface area contributed by atoms with E-state index < -0.39 is 25.7 Å². The van der Waals surface area contributed by atoms with Crippen molar-refractivity contribution in [3.8, 4) is 5.75 Å². The summed E-state index contributed by atoms with van der Waals surface area (Å²) in [6.45, 7) is 7.50. The van der Waals surface area contributed by atoms with Gasteiger partial charge in [-0.05, 0) is 23.2 Å². The molecule has 0 aromatic heterocycles. The number of benzene rings is 1. The molecule has 0 saturated heterocycles. The van der Waals surface area contributed by atoms with Gasteiger partial charge in [0.15, 0.2) is 6.61 Å². The van der Waals surface area contributed by atoms with Crippen LogP contribution in [0.4, 0.5) is 4.79 Å². The quantitative estimate of drug-likeness (QED) is 0.805. The fourth-order valence-corrected chi connectivity index (χ4v) is 1.69. The van der Waals surface area contributed by atoms with Crippen molar-refractivity contribution in [3.63, 3.8) is 0 Å². The zero-order valence-electron chi connectivity index (χ0n) is 14.5. The molecule has 1 heterocycles. The second kappa shape index (κ2) is 11.1. The van der Waals surface area contributed by atoms with Crippen LogP contribution in [0.25, 0.3) is 0 Å². The molecule has 1 aliphatic rings. The SMILES string of the molecule is CC.CC.COC(=O)N1N=Cc2ccc(OCC(=O)O)cc2B1O. The van der Waals surface area contributed by atoms with Gasteiger partial charge in [-0.25, -0.2) is 14.5 Å². The molecule has 1 amide bonds. The van der Waals surface area contributed by atoms with Crippen LogP contribution in [0.5, 0.6) is 5.75 Å². The number of hydrogen-bond acceptors (Lipinski definition) is 6. The first-order valence-corrected chi connectivity index (χ1v) is 7.60. The highest BCUT2D eigenvalue weighted by atomic mass is 16.5. The molecule has 24 heavy (non-hydrogen) atoms. The topological polar surface area (TPSA) is 109 Å². The third-order valence-corrected chi connectivity index (χ3v) is 2.61. The number of carbonyl (C=O) groups excluding carboxylic acids is 1. The lowest BCUT2D eigenvalue weighted by Crippen LogP contribution is -2.52. The van der Waals surface area contributed by atoms with E-state index in [1.165, 1.54) is 19.4 Å². The van der Waals surface area contributed by atoms with Crippen molar-refractivity contribution in [2.24, 2.45) is 5.10 Å². The third kappa shape index (κ3) is 5.58. The molecule has 1 aromatic carbocycles. The summed E-state index contributed by atoms with van der Waals surface area (Å²) in [6, 6.07) is 4.60. The molecular formula is C15H23BN2O6. The number of carboxylic acid groups (broad SMARTS) is 1. The Morgan fingerprint density at radius 3 is 2.42 bits per heavy atom. The maximum atomic E-state index is 11.4. The number of nitrogens with zero attached hydrogens (tertiary/aromatic N) is 2. The molecule has 9 heteroatoms. The zero-order chi connectivity index (χ0) is 18.7. The Morgan fingerprint density at radius 1 is 1.25 bits per heavy atom. The number of ether oxygens (including phenoxy) is 2. The lowest BCUT2D eigenvalue weighted by Gasteiger charge is -2.23. The highest BCUT2D eigenvalue weighted by molar-refractivity contribution is 6.67. The number of methoxy groups -OCH3 is 1. The summed E-state index contributed by atoms with van der Waals surface area (Å²) in [4.78, 5) is 22.6. The molecule has 132 valence electrons. The number of carbonyl (C=O) groups is 2. The van der Waals surface area contributed by atoms with Crippen molar-refractivity contribution in [2.75, 3.05) is 13.7 Å². The molecule has 8 nitrogen and oxygen atoms in total. The summed E-state index contributed by atoms with van der Waals surface area (Å²) in [7, 11) is -0.150. The molecule has 0 spiro atoms. The summed E-state index contributed by atoms with van der Waals surface area (Å²) in [5, 5.41) is 22.4. The highest BCUT2D eigenvalue weighted by Crippen LogP contribution is 2.14. The number of hydrogen-bond donors (Lipinski definition) is 2. The van der Waals surface area contributed by atoms with Crippen molar-refractivity contribution in [2.45, 2.75) is 27.7 Å². The lowest BCUT2D eigenvalue weighted by molar-refractivity contribution is -0.139. The Bertz CT molecular complexity index is 579. The Balaban J connectivity index is 0.00000123. The molecule has 2 rings (SSSR count). The second-order valence-electron chi connectivity index (χ2n) is 3.91. The monoisotopic (exact) mass is 338 g/mol. The summed E-state index contributed by atoms with van der Waals surface area (Å²) in [5.41, 5.74) is 0.966. The minimum Gasteiger partial charge on any atom is -0.482 e. The average molecular weight is 338 g/mol. The largest absolute Gasteiger partial charge is 0.482 e. The fourth-order valence-electron chi connectivity index (χ4n) is 1.69. The first kappa shape index (κ1) is 21.5. The minimum atomic E-state index is -1.32. The van der Waals surface area contributed by atoms with E-state index in [9.17, 15) is 14.6 Å². The number of aliphatic carboxylic acids is 1. The van der Waals surface area contributed by atoms with Gasteiger partial charge in [0.2, 0.25) is 0 Å². The predicted octanol–water partition coefficient (Wildman–Crippen LogP) is 1.31. The first-order chi connectivity index (χ1) is 11.5. The van der Waals surface area contributed by atoms with Crippen LogP contribution in [0.15, 0.2) is 23.3 Å². The van der Waals surface area contributed by atoms with Crippen molar-refractivity contribution in [1.82, 2.24) is 4.92 Å². The van der Waals surface area contributed by atoms with E-state index in [2.05, 4.69) is 9.84 Å². The highest BCUT2D eigenvalue weighted by Gasteiger charge is 2.34. The molecule has 1 aromatic rings. The van der Waals surface area contributed by atoms with E-state index in [1.54, 1.807) is 12.1 Å². The number of hydrazone groups is 1. The molecule has 2 N–H and O–H groups in total. The van der Waals surface area contributed by atoms with Crippen LogP contribution in [0.3, 0.4) is 0 Å². The Kier molecular flexibility index (Phi) is 9.89. The van der Waals surface area contributed by atoms with E-state index in [1.807, 2.05) is 27.7 Å². The van der Waals surface area contributed by atoms with Crippen LogP contribution < -0.4 is 10.2 Å². The maximum Gasteiger partial charge on any atom is 0.478 e. The Labute approximate surface area is 141 Å². The van der Waals surface area contributed by atoms with Crippen LogP contribution in [-0.2, 0) is 9.53 Å². The summed E-state index contributed by atoms with van der Waals surface area (Å²) < 4.78 is 9.50. The zero-order valence-corrected chi connectivity index (χ0v) is 14.5. The van der Waals surface area contributed by atoms with Gasteiger partial charge in [-0.15, -0.1) is 0 Å². The second-order valence-corrected chi connectivity index (χ2v) is 3.91. The average Bonchev–Trinajstić information content (AvgIpc) is 2.63. The van der Waals surface area contributed by atoms with Gasteiger partial charge in [-0.1, -0.05) is 33.8 Å². The number of rotatable bonds is 3. The van der Waals surface area contributed by atoms with Gasteiger partial charge in [-0.3, -0.25) is 0 Å². The Morgan fingerprint density at radius 2 is 1.88 bits per heavy atom. The Hall–Kier alpha value is -2.55. The van der Waals surface area contributed by atoms with Crippen LogP contribution in [0.1, 0.15) is 33.3 Å². The number of carboxylic acids is 1. The molecule has 0 atom stereocenters. The minimum absolute atomic E-state index is 0.269. The van der Waals surface area contributed by atoms with Crippen LogP contribution >= 0.6 is 0 Å². The van der Waals surface area contributed by atoms with Crippen LogP contribution in [0.2, 0.25) is 0 Å². The predicted molar refractivity (Wildman–Crippen MR) is 91.7 cm³/mol. The van der Waals surface area contributed by atoms with Gasteiger partial charge in [-0.2, -0.15) is 5.10 Å². The first-order valence-electron chi connectivity index (χ1n) is 7.60.